The third-order valence-corrected chi connectivity index (χ3v) is 6.05. The first-order valence-electron chi connectivity index (χ1n) is 7.73. The molecule has 1 aromatic carbocycles. The smallest absolute Gasteiger partial charge is 0.254 e. The minimum atomic E-state index is -3.16. The second-order valence-corrected chi connectivity index (χ2v) is 8.18. The molecule has 1 aliphatic heterocycles. The van der Waals surface area contributed by atoms with Gasteiger partial charge in [-0.25, -0.2) is 8.42 Å². The molecule has 0 atom stereocenters. The van der Waals surface area contributed by atoms with Crippen molar-refractivity contribution in [3.8, 4) is 0 Å². The van der Waals surface area contributed by atoms with Crippen LogP contribution in [0.25, 0.3) is 0 Å². The molecule has 0 N–H and O–H groups in total. The van der Waals surface area contributed by atoms with Crippen molar-refractivity contribution in [2.24, 2.45) is 0 Å². The third-order valence-electron chi connectivity index (χ3n) is 4.74. The molecule has 1 aliphatic carbocycles. The average Bonchev–Trinajstić information content (AvgIpc) is 2.97. The fourth-order valence-electron chi connectivity index (χ4n) is 3.48. The molecule has 22 heavy (non-hydrogen) atoms. The highest BCUT2D eigenvalue weighted by molar-refractivity contribution is 7.88. The van der Waals surface area contributed by atoms with Crippen molar-refractivity contribution in [1.82, 2.24) is 9.21 Å². The van der Waals surface area contributed by atoms with E-state index in [2.05, 4.69) is 6.92 Å². The summed E-state index contributed by atoms with van der Waals surface area (Å²) in [6, 6.07) is 3.97. The van der Waals surface area contributed by atoms with Gasteiger partial charge in [0.25, 0.3) is 5.91 Å². The number of hydrogen-bond acceptors (Lipinski definition) is 3. The Morgan fingerprint density at radius 1 is 1.05 bits per heavy atom. The lowest BCUT2D eigenvalue weighted by Crippen LogP contribution is -2.50. The van der Waals surface area contributed by atoms with Gasteiger partial charge in [0.2, 0.25) is 10.0 Å². The molecular formula is C16H22N2O3S. The Hall–Kier alpha value is -1.40. The van der Waals surface area contributed by atoms with Crippen molar-refractivity contribution in [2.45, 2.75) is 26.2 Å². The molecule has 1 amide bonds. The van der Waals surface area contributed by atoms with Crippen LogP contribution in [0.3, 0.4) is 0 Å². The van der Waals surface area contributed by atoms with Gasteiger partial charge in [0.1, 0.15) is 0 Å². The molecule has 3 rings (SSSR count). The van der Waals surface area contributed by atoms with Gasteiger partial charge in [-0.3, -0.25) is 4.79 Å². The van der Waals surface area contributed by atoms with Crippen molar-refractivity contribution < 1.29 is 13.2 Å². The summed E-state index contributed by atoms with van der Waals surface area (Å²) in [5, 5.41) is 0. The lowest BCUT2D eigenvalue weighted by molar-refractivity contribution is 0.0697. The van der Waals surface area contributed by atoms with Crippen LogP contribution in [0.5, 0.6) is 0 Å². The zero-order valence-corrected chi connectivity index (χ0v) is 13.9. The van der Waals surface area contributed by atoms with Gasteiger partial charge in [-0.1, -0.05) is 6.07 Å². The molecule has 0 saturated carbocycles. The maximum atomic E-state index is 12.8. The number of fused-ring (bicyclic) bond motifs is 1. The highest BCUT2D eigenvalue weighted by Crippen LogP contribution is 2.29. The average molecular weight is 322 g/mol. The lowest BCUT2D eigenvalue weighted by Gasteiger charge is -2.33. The Labute approximate surface area is 132 Å². The SMILES string of the molecule is Cc1ccc(C(=O)N2CCN(S(C)(=O)=O)CC2)c2c1CCC2. The molecule has 0 unspecified atom stereocenters. The summed E-state index contributed by atoms with van der Waals surface area (Å²) in [5.41, 5.74) is 4.62. The predicted molar refractivity (Wildman–Crippen MR) is 85.5 cm³/mol. The Bertz CT molecular complexity index is 704. The van der Waals surface area contributed by atoms with Gasteiger partial charge in [-0.05, 0) is 48.9 Å². The normalized spacial score (nSPS) is 19.3. The van der Waals surface area contributed by atoms with E-state index >= 15 is 0 Å². The largest absolute Gasteiger partial charge is 0.336 e. The summed E-state index contributed by atoms with van der Waals surface area (Å²) in [6.07, 6.45) is 4.37. The number of sulfonamides is 1. The molecule has 120 valence electrons. The minimum absolute atomic E-state index is 0.0475. The quantitative estimate of drug-likeness (QED) is 0.822. The van der Waals surface area contributed by atoms with Crippen LogP contribution in [-0.4, -0.2) is 56.0 Å². The van der Waals surface area contributed by atoms with E-state index in [0.717, 1.165) is 24.8 Å². The number of benzene rings is 1. The third kappa shape index (κ3) is 2.77. The molecule has 6 heteroatoms. The zero-order valence-electron chi connectivity index (χ0n) is 13.1. The van der Waals surface area contributed by atoms with Crippen molar-refractivity contribution in [3.63, 3.8) is 0 Å². The summed E-state index contributed by atoms with van der Waals surface area (Å²) in [5.74, 6) is 0.0475. The highest BCUT2D eigenvalue weighted by Gasteiger charge is 2.29. The van der Waals surface area contributed by atoms with E-state index in [9.17, 15) is 13.2 Å². The van der Waals surface area contributed by atoms with Gasteiger partial charge < -0.3 is 4.90 Å². The van der Waals surface area contributed by atoms with E-state index in [0.29, 0.717) is 26.2 Å². The molecule has 1 aromatic rings. The van der Waals surface area contributed by atoms with Crippen LogP contribution in [-0.2, 0) is 22.9 Å². The number of nitrogens with zero attached hydrogens (tertiary/aromatic N) is 2. The molecular weight excluding hydrogens is 300 g/mol. The van der Waals surface area contributed by atoms with Crippen LogP contribution in [0.15, 0.2) is 12.1 Å². The van der Waals surface area contributed by atoms with Crippen molar-refractivity contribution >= 4 is 15.9 Å². The van der Waals surface area contributed by atoms with Gasteiger partial charge in [0.15, 0.2) is 0 Å². The monoisotopic (exact) mass is 322 g/mol. The molecule has 1 fully saturated rings. The number of amides is 1. The van der Waals surface area contributed by atoms with E-state index in [1.54, 1.807) is 4.90 Å². The standard InChI is InChI=1S/C16H22N2O3S/c1-12-6-7-15(14-5-3-4-13(12)14)16(19)17-8-10-18(11-9-17)22(2,20)21/h6-7H,3-5,8-11H2,1-2H3. The summed E-state index contributed by atoms with van der Waals surface area (Å²) in [7, 11) is -3.16. The van der Waals surface area contributed by atoms with Gasteiger partial charge in [0.05, 0.1) is 6.26 Å². The number of piperazine rings is 1. The topological polar surface area (TPSA) is 57.7 Å². The predicted octanol–water partition coefficient (Wildman–Crippen LogP) is 1.20. The number of hydrogen-bond donors (Lipinski definition) is 0. The van der Waals surface area contributed by atoms with E-state index in [1.165, 1.54) is 27.3 Å². The lowest BCUT2D eigenvalue weighted by atomic mass is 9.98. The van der Waals surface area contributed by atoms with Crippen molar-refractivity contribution in [3.05, 3.63) is 34.4 Å². The van der Waals surface area contributed by atoms with Crippen LogP contribution in [0.2, 0.25) is 0 Å². The number of rotatable bonds is 2. The maximum Gasteiger partial charge on any atom is 0.254 e. The molecule has 5 nitrogen and oxygen atoms in total. The van der Waals surface area contributed by atoms with Crippen molar-refractivity contribution in [2.75, 3.05) is 32.4 Å². The van der Waals surface area contributed by atoms with Crippen molar-refractivity contribution in [1.29, 1.82) is 0 Å². The van der Waals surface area contributed by atoms with Crippen LogP contribution in [0.1, 0.15) is 33.5 Å². The molecule has 0 radical (unpaired) electrons. The summed E-state index contributed by atoms with van der Waals surface area (Å²) >= 11 is 0. The Morgan fingerprint density at radius 3 is 2.32 bits per heavy atom. The van der Waals surface area contributed by atoms with Gasteiger partial charge in [0, 0.05) is 31.7 Å². The first kappa shape index (κ1) is 15.5. The van der Waals surface area contributed by atoms with E-state index in [4.69, 9.17) is 0 Å². The van der Waals surface area contributed by atoms with Crippen LogP contribution in [0.4, 0.5) is 0 Å². The molecule has 0 bridgehead atoms. The minimum Gasteiger partial charge on any atom is -0.336 e. The van der Waals surface area contributed by atoms with Crippen LogP contribution >= 0.6 is 0 Å². The first-order valence-corrected chi connectivity index (χ1v) is 9.58. The number of aryl methyl sites for hydroxylation is 1. The highest BCUT2D eigenvalue weighted by atomic mass is 32.2. The van der Waals surface area contributed by atoms with E-state index < -0.39 is 10.0 Å². The fraction of sp³-hybridized carbons (Fsp3) is 0.562. The second kappa shape index (κ2) is 5.66. The summed E-state index contributed by atoms with van der Waals surface area (Å²) < 4.78 is 24.5. The maximum absolute atomic E-state index is 12.8. The molecule has 1 saturated heterocycles. The zero-order chi connectivity index (χ0) is 15.9. The molecule has 0 spiro atoms. The number of carbonyl (C=O) groups excluding carboxylic acids is 1. The van der Waals surface area contributed by atoms with Gasteiger partial charge in [-0.15, -0.1) is 0 Å². The molecule has 1 heterocycles. The Balaban J connectivity index is 1.78. The van der Waals surface area contributed by atoms with E-state index in [-0.39, 0.29) is 5.91 Å². The second-order valence-electron chi connectivity index (χ2n) is 6.19. The van der Waals surface area contributed by atoms with Gasteiger partial charge >= 0.3 is 0 Å². The Morgan fingerprint density at radius 2 is 1.68 bits per heavy atom. The van der Waals surface area contributed by atoms with E-state index in [1.807, 2.05) is 12.1 Å². The Kier molecular flexibility index (Phi) is 3.99. The summed E-state index contributed by atoms with van der Waals surface area (Å²) in [4.78, 5) is 14.6. The first-order chi connectivity index (χ1) is 10.4. The number of carbonyl (C=O) groups is 1. The van der Waals surface area contributed by atoms with Crippen LogP contribution in [0, 0.1) is 6.92 Å². The summed E-state index contributed by atoms with van der Waals surface area (Å²) in [6.45, 7) is 3.81. The molecule has 2 aliphatic rings. The van der Waals surface area contributed by atoms with Gasteiger partial charge in [-0.2, -0.15) is 4.31 Å². The fourth-order valence-corrected chi connectivity index (χ4v) is 4.31. The molecule has 0 aromatic heterocycles. The van der Waals surface area contributed by atoms with Crippen LogP contribution < -0.4 is 0 Å².